The molecule has 6 heteroatoms. The number of carbonyl (C=O) groups is 1. The van der Waals surface area contributed by atoms with Crippen LogP contribution < -0.4 is 9.47 Å². The average molecular weight is 339 g/mol. The van der Waals surface area contributed by atoms with Gasteiger partial charge in [-0.1, -0.05) is 11.2 Å². The third-order valence-electron chi connectivity index (χ3n) is 3.60. The van der Waals surface area contributed by atoms with Crippen molar-refractivity contribution in [2.45, 2.75) is 6.61 Å². The highest BCUT2D eigenvalue weighted by Gasteiger charge is 2.12. The topological polar surface area (TPSA) is 70.8 Å². The van der Waals surface area contributed by atoms with Gasteiger partial charge in [-0.2, -0.15) is 0 Å². The van der Waals surface area contributed by atoms with Gasteiger partial charge in [0, 0.05) is 11.6 Å². The number of hydrogen-bond acceptors (Lipinski definition) is 6. The summed E-state index contributed by atoms with van der Waals surface area (Å²) in [6.45, 7) is -0.000796. The van der Waals surface area contributed by atoms with Gasteiger partial charge in [0.15, 0.2) is 12.4 Å². The fourth-order valence-electron chi connectivity index (χ4n) is 2.25. The predicted octanol–water partition coefficient (Wildman–Crippen LogP) is 3.72. The zero-order chi connectivity index (χ0) is 17.6. The summed E-state index contributed by atoms with van der Waals surface area (Å²) in [7, 11) is 3.15. The van der Waals surface area contributed by atoms with Crippen molar-refractivity contribution in [3.05, 3.63) is 65.9 Å². The summed E-state index contributed by atoms with van der Waals surface area (Å²) in [6, 6.07) is 15.9. The molecule has 0 bridgehead atoms. The van der Waals surface area contributed by atoms with Gasteiger partial charge in [0.25, 0.3) is 0 Å². The summed E-state index contributed by atoms with van der Waals surface area (Å²) >= 11 is 0. The van der Waals surface area contributed by atoms with Crippen molar-refractivity contribution in [2.75, 3.05) is 14.2 Å². The maximum Gasteiger partial charge on any atom is 0.338 e. The van der Waals surface area contributed by atoms with Crippen molar-refractivity contribution in [3.8, 4) is 22.8 Å². The fraction of sp³-hybridized carbons (Fsp3) is 0.158. The number of ether oxygens (including phenoxy) is 3. The Balaban J connectivity index is 1.63. The SMILES string of the molecule is COc1ccc(-c2cc(COC(=O)c3cccc(OC)c3)on2)cc1. The summed E-state index contributed by atoms with van der Waals surface area (Å²) < 4.78 is 20.7. The third kappa shape index (κ3) is 3.98. The lowest BCUT2D eigenvalue weighted by molar-refractivity contribution is 0.0437. The lowest BCUT2D eigenvalue weighted by atomic mass is 10.1. The van der Waals surface area contributed by atoms with Crippen LogP contribution in [0.3, 0.4) is 0 Å². The molecule has 3 rings (SSSR count). The van der Waals surface area contributed by atoms with Gasteiger partial charge in [0.05, 0.1) is 19.8 Å². The lowest BCUT2D eigenvalue weighted by Gasteiger charge is -2.04. The van der Waals surface area contributed by atoms with Gasteiger partial charge in [-0.25, -0.2) is 4.79 Å². The van der Waals surface area contributed by atoms with Crippen molar-refractivity contribution < 1.29 is 23.5 Å². The van der Waals surface area contributed by atoms with Gasteiger partial charge in [0.1, 0.15) is 17.2 Å². The van der Waals surface area contributed by atoms with Gasteiger partial charge < -0.3 is 18.7 Å². The molecule has 25 heavy (non-hydrogen) atoms. The molecule has 0 N–H and O–H groups in total. The van der Waals surface area contributed by atoms with Crippen molar-refractivity contribution in [1.82, 2.24) is 5.16 Å². The molecular formula is C19H17NO5. The molecule has 128 valence electrons. The molecule has 0 aliphatic heterocycles. The van der Waals surface area contributed by atoms with Crippen LogP contribution in [-0.2, 0) is 11.3 Å². The highest BCUT2D eigenvalue weighted by molar-refractivity contribution is 5.89. The van der Waals surface area contributed by atoms with Crippen LogP contribution in [0.4, 0.5) is 0 Å². The first kappa shape index (κ1) is 16.6. The van der Waals surface area contributed by atoms with E-state index in [1.54, 1.807) is 44.6 Å². The first-order valence-electron chi connectivity index (χ1n) is 7.61. The highest BCUT2D eigenvalue weighted by Crippen LogP contribution is 2.22. The van der Waals surface area contributed by atoms with E-state index < -0.39 is 5.97 Å². The quantitative estimate of drug-likeness (QED) is 0.638. The van der Waals surface area contributed by atoms with Gasteiger partial charge >= 0.3 is 5.97 Å². The van der Waals surface area contributed by atoms with Crippen molar-refractivity contribution in [3.63, 3.8) is 0 Å². The fourth-order valence-corrected chi connectivity index (χ4v) is 2.25. The summed E-state index contributed by atoms with van der Waals surface area (Å²) in [6.07, 6.45) is 0. The van der Waals surface area contributed by atoms with E-state index in [2.05, 4.69) is 5.16 Å². The van der Waals surface area contributed by atoms with Crippen LogP contribution in [0.25, 0.3) is 11.3 Å². The van der Waals surface area contributed by atoms with E-state index in [1.165, 1.54) is 0 Å². The smallest absolute Gasteiger partial charge is 0.338 e. The van der Waals surface area contributed by atoms with E-state index in [9.17, 15) is 4.79 Å². The molecule has 0 saturated heterocycles. The Hall–Kier alpha value is -3.28. The summed E-state index contributed by atoms with van der Waals surface area (Å²) in [5.74, 6) is 1.36. The molecule has 0 spiro atoms. The molecule has 0 aliphatic rings. The van der Waals surface area contributed by atoms with E-state index >= 15 is 0 Å². The molecule has 0 fully saturated rings. The molecule has 0 aliphatic carbocycles. The van der Waals surface area contributed by atoms with E-state index in [-0.39, 0.29) is 6.61 Å². The van der Waals surface area contributed by atoms with Crippen LogP contribution in [-0.4, -0.2) is 25.3 Å². The molecule has 3 aromatic rings. The first-order chi connectivity index (χ1) is 12.2. The molecule has 1 heterocycles. The molecule has 0 atom stereocenters. The first-order valence-corrected chi connectivity index (χ1v) is 7.61. The largest absolute Gasteiger partial charge is 0.497 e. The van der Waals surface area contributed by atoms with Gasteiger partial charge in [0.2, 0.25) is 0 Å². The van der Waals surface area contributed by atoms with E-state index in [1.807, 2.05) is 24.3 Å². The van der Waals surface area contributed by atoms with Crippen molar-refractivity contribution in [2.24, 2.45) is 0 Å². The maximum absolute atomic E-state index is 12.1. The Morgan fingerprint density at radius 3 is 2.48 bits per heavy atom. The second-order valence-electron chi connectivity index (χ2n) is 5.22. The van der Waals surface area contributed by atoms with E-state index in [0.29, 0.717) is 22.8 Å². The number of rotatable bonds is 6. The normalized spacial score (nSPS) is 10.3. The van der Waals surface area contributed by atoms with Crippen LogP contribution in [0.5, 0.6) is 11.5 Å². The van der Waals surface area contributed by atoms with Crippen molar-refractivity contribution >= 4 is 5.97 Å². The number of methoxy groups -OCH3 is 2. The average Bonchev–Trinajstić information content (AvgIpc) is 3.15. The molecule has 0 amide bonds. The zero-order valence-electron chi connectivity index (χ0n) is 13.9. The van der Waals surface area contributed by atoms with Crippen LogP contribution in [0.2, 0.25) is 0 Å². The second-order valence-corrected chi connectivity index (χ2v) is 5.22. The Morgan fingerprint density at radius 1 is 1.00 bits per heavy atom. The molecule has 1 aromatic heterocycles. The van der Waals surface area contributed by atoms with Crippen molar-refractivity contribution in [1.29, 1.82) is 0 Å². The van der Waals surface area contributed by atoms with Gasteiger partial charge in [-0.05, 0) is 42.5 Å². The molecule has 6 nitrogen and oxygen atoms in total. The molecule has 0 saturated carbocycles. The standard InChI is InChI=1S/C19H17NO5/c1-22-15-8-6-13(7-9-15)18-11-17(25-20-18)12-24-19(21)14-4-3-5-16(10-14)23-2/h3-11H,12H2,1-2H3. The number of esters is 1. The minimum absolute atomic E-state index is 0.000796. The van der Waals surface area contributed by atoms with Crippen LogP contribution in [0.1, 0.15) is 16.1 Å². The Labute approximate surface area is 144 Å². The van der Waals surface area contributed by atoms with Crippen LogP contribution >= 0.6 is 0 Å². The third-order valence-corrected chi connectivity index (χ3v) is 3.60. The lowest BCUT2D eigenvalue weighted by Crippen LogP contribution is -2.04. The minimum Gasteiger partial charge on any atom is -0.497 e. The summed E-state index contributed by atoms with van der Waals surface area (Å²) in [4.78, 5) is 12.1. The number of hydrogen-bond donors (Lipinski definition) is 0. The summed E-state index contributed by atoms with van der Waals surface area (Å²) in [5.41, 5.74) is 1.96. The van der Waals surface area contributed by atoms with E-state index in [0.717, 1.165) is 11.3 Å². The number of carbonyl (C=O) groups excluding carboxylic acids is 1. The Morgan fingerprint density at radius 2 is 1.76 bits per heavy atom. The molecule has 2 aromatic carbocycles. The molecule has 0 radical (unpaired) electrons. The predicted molar refractivity (Wildman–Crippen MR) is 90.6 cm³/mol. The van der Waals surface area contributed by atoms with Gasteiger partial charge in [-0.15, -0.1) is 0 Å². The number of benzene rings is 2. The van der Waals surface area contributed by atoms with Gasteiger partial charge in [-0.3, -0.25) is 0 Å². The maximum atomic E-state index is 12.1. The number of nitrogens with zero attached hydrogens (tertiary/aromatic N) is 1. The van der Waals surface area contributed by atoms with Crippen LogP contribution in [0, 0.1) is 0 Å². The molecular weight excluding hydrogens is 322 g/mol. The monoisotopic (exact) mass is 339 g/mol. The Kier molecular flexibility index (Phi) is 4.99. The second kappa shape index (κ2) is 7.53. The Bertz CT molecular complexity index is 854. The molecule has 0 unspecified atom stereocenters. The zero-order valence-corrected chi connectivity index (χ0v) is 13.9. The van der Waals surface area contributed by atoms with E-state index in [4.69, 9.17) is 18.7 Å². The minimum atomic E-state index is -0.457. The highest BCUT2D eigenvalue weighted by atomic mass is 16.5. The number of aromatic nitrogens is 1. The summed E-state index contributed by atoms with van der Waals surface area (Å²) in [5, 5.41) is 3.99. The van der Waals surface area contributed by atoms with Crippen LogP contribution in [0.15, 0.2) is 59.1 Å².